The molecule has 3 atom stereocenters. The topological polar surface area (TPSA) is 80.7 Å². The van der Waals surface area contributed by atoms with Gasteiger partial charge in [-0.15, -0.1) is 0 Å². The van der Waals surface area contributed by atoms with Crippen LogP contribution in [0, 0.1) is 17.3 Å². The van der Waals surface area contributed by atoms with Crippen LogP contribution in [0.3, 0.4) is 0 Å². The number of ether oxygens (including phenoxy) is 1. The lowest BCUT2D eigenvalue weighted by atomic mass is 9.31. The molecule has 5 nitrogen and oxygen atoms in total. The highest BCUT2D eigenvalue weighted by Crippen LogP contribution is 2.78. The summed E-state index contributed by atoms with van der Waals surface area (Å²) < 4.78 is 59.1. The Hall–Kier alpha value is -1.02. The van der Waals surface area contributed by atoms with Gasteiger partial charge >= 0.3 is 21.3 Å². The second-order valence-corrected chi connectivity index (χ2v) is 7.32. The van der Waals surface area contributed by atoms with Crippen LogP contribution < -0.4 is 0 Å². The van der Waals surface area contributed by atoms with E-state index in [1.165, 1.54) is 5.57 Å². The lowest BCUT2D eigenvalue weighted by molar-refractivity contribution is -0.161. The van der Waals surface area contributed by atoms with Gasteiger partial charge in [-0.1, -0.05) is 18.1 Å². The number of esters is 1. The van der Waals surface area contributed by atoms with Crippen molar-refractivity contribution in [1.29, 1.82) is 0 Å². The van der Waals surface area contributed by atoms with Gasteiger partial charge in [0.1, 0.15) is 0 Å². The van der Waals surface area contributed by atoms with Crippen molar-refractivity contribution in [2.45, 2.75) is 31.4 Å². The average Bonchev–Trinajstić information content (AvgIpc) is 2.37. The number of carbonyl (C=O) groups excluding carboxylic acids is 1. The molecule has 0 bridgehead atoms. The maximum Gasteiger partial charge on any atom is 0.465 e. The summed E-state index contributed by atoms with van der Waals surface area (Å²) >= 11 is 0. The SMILES string of the molecule is CC12C3=C(CCOC(=O)C(F)(F)S(=O)(=O)O)C1CC2C3. The van der Waals surface area contributed by atoms with Gasteiger partial charge in [-0.25, -0.2) is 4.79 Å². The summed E-state index contributed by atoms with van der Waals surface area (Å²) in [6, 6.07) is 0. The molecular formula is C12H14F2O5S. The van der Waals surface area contributed by atoms with Crippen LogP contribution in [0.5, 0.6) is 0 Å². The maximum absolute atomic E-state index is 12.9. The zero-order valence-corrected chi connectivity index (χ0v) is 11.5. The molecular weight excluding hydrogens is 294 g/mol. The fraction of sp³-hybridized carbons (Fsp3) is 0.750. The van der Waals surface area contributed by atoms with Crippen LogP contribution in [-0.2, 0) is 19.6 Å². The Morgan fingerprint density at radius 3 is 2.60 bits per heavy atom. The van der Waals surface area contributed by atoms with E-state index in [1.54, 1.807) is 0 Å². The van der Waals surface area contributed by atoms with E-state index < -0.39 is 21.3 Å². The predicted octanol–water partition coefficient (Wildman–Crippen LogP) is 1.76. The second kappa shape index (κ2) is 3.79. The monoisotopic (exact) mass is 308 g/mol. The number of alkyl halides is 2. The molecule has 3 aliphatic carbocycles. The Bertz CT molecular complexity index is 624. The van der Waals surface area contributed by atoms with E-state index >= 15 is 0 Å². The van der Waals surface area contributed by atoms with Gasteiger partial charge in [-0.2, -0.15) is 17.2 Å². The van der Waals surface area contributed by atoms with Crippen molar-refractivity contribution in [3.63, 3.8) is 0 Å². The van der Waals surface area contributed by atoms with Crippen molar-refractivity contribution in [3.8, 4) is 0 Å². The first-order valence-corrected chi connectivity index (χ1v) is 7.78. The van der Waals surface area contributed by atoms with Crippen molar-refractivity contribution >= 4 is 16.1 Å². The Morgan fingerprint density at radius 1 is 1.55 bits per heavy atom. The summed E-state index contributed by atoms with van der Waals surface area (Å²) in [6.07, 6.45) is 2.50. The van der Waals surface area contributed by atoms with Crippen LogP contribution in [0.4, 0.5) is 8.78 Å². The van der Waals surface area contributed by atoms with Gasteiger partial charge in [0.2, 0.25) is 0 Å². The number of allylic oxidation sites excluding steroid dienone is 1. The zero-order valence-electron chi connectivity index (χ0n) is 10.7. The van der Waals surface area contributed by atoms with Crippen molar-refractivity contribution in [2.24, 2.45) is 17.3 Å². The van der Waals surface area contributed by atoms with Gasteiger partial charge in [0.25, 0.3) is 0 Å². The first-order valence-electron chi connectivity index (χ1n) is 6.34. The quantitative estimate of drug-likeness (QED) is 0.475. The Morgan fingerprint density at radius 2 is 2.20 bits per heavy atom. The summed E-state index contributed by atoms with van der Waals surface area (Å²) in [5, 5.41) is -4.91. The molecule has 0 aromatic carbocycles. The van der Waals surface area contributed by atoms with E-state index in [9.17, 15) is 22.0 Å². The molecule has 20 heavy (non-hydrogen) atoms. The van der Waals surface area contributed by atoms with Crippen LogP contribution in [0.2, 0.25) is 0 Å². The molecule has 0 aromatic heterocycles. The molecule has 0 spiro atoms. The number of hydrogen-bond donors (Lipinski definition) is 1. The van der Waals surface area contributed by atoms with Gasteiger partial charge < -0.3 is 4.74 Å². The van der Waals surface area contributed by atoms with Crippen molar-refractivity contribution in [1.82, 2.24) is 0 Å². The Labute approximate surface area is 114 Å². The highest BCUT2D eigenvalue weighted by Gasteiger charge is 2.68. The lowest BCUT2D eigenvalue weighted by Gasteiger charge is -2.73. The van der Waals surface area contributed by atoms with Crippen LogP contribution in [0.25, 0.3) is 0 Å². The van der Waals surface area contributed by atoms with E-state index in [2.05, 4.69) is 11.7 Å². The molecule has 112 valence electrons. The number of carbonyl (C=O) groups is 1. The average molecular weight is 308 g/mol. The molecule has 3 unspecified atom stereocenters. The molecule has 0 radical (unpaired) electrons. The van der Waals surface area contributed by atoms with Gasteiger partial charge in [0.05, 0.1) is 6.61 Å². The predicted molar refractivity (Wildman–Crippen MR) is 63.4 cm³/mol. The third kappa shape index (κ3) is 1.49. The first kappa shape index (κ1) is 13.9. The largest absolute Gasteiger partial charge is 0.465 e. The van der Waals surface area contributed by atoms with E-state index in [4.69, 9.17) is 4.55 Å². The molecule has 0 aliphatic heterocycles. The maximum atomic E-state index is 12.9. The lowest BCUT2D eigenvalue weighted by Crippen LogP contribution is -2.64. The van der Waals surface area contributed by atoms with Crippen LogP contribution in [0.1, 0.15) is 26.2 Å². The summed E-state index contributed by atoms with van der Waals surface area (Å²) in [5.74, 6) is -1.01. The van der Waals surface area contributed by atoms with Gasteiger partial charge in [-0.3, -0.25) is 4.55 Å². The van der Waals surface area contributed by atoms with Crippen LogP contribution >= 0.6 is 0 Å². The standard InChI is InChI=1S/C12H14F2O5S/c1-11-6-4-8(11)7(9(11)5-6)2-3-19-10(15)12(13,14)20(16,17)18/h6,8H,2-5H2,1H3,(H,16,17,18). The van der Waals surface area contributed by atoms with Gasteiger partial charge in [-0.05, 0) is 30.1 Å². The molecule has 8 heteroatoms. The van der Waals surface area contributed by atoms with E-state index in [1.807, 2.05) is 0 Å². The number of halogens is 2. The highest BCUT2D eigenvalue weighted by molar-refractivity contribution is 7.87. The summed E-state index contributed by atoms with van der Waals surface area (Å²) in [4.78, 5) is 11.0. The molecule has 0 saturated heterocycles. The normalized spacial score (nSPS) is 34.6. The smallest absolute Gasteiger partial charge is 0.460 e. The molecule has 2 fully saturated rings. The third-order valence-corrected chi connectivity index (χ3v) is 5.98. The minimum atomic E-state index is -5.78. The minimum Gasteiger partial charge on any atom is -0.460 e. The first-order chi connectivity index (χ1) is 9.10. The Balaban J connectivity index is 1.55. The zero-order chi connectivity index (χ0) is 14.9. The molecule has 0 amide bonds. The van der Waals surface area contributed by atoms with E-state index in [0.717, 1.165) is 24.3 Å². The van der Waals surface area contributed by atoms with Crippen LogP contribution in [0.15, 0.2) is 11.1 Å². The molecule has 2 saturated carbocycles. The minimum absolute atomic E-state index is 0.292. The third-order valence-electron chi connectivity index (χ3n) is 5.17. The molecule has 3 aliphatic rings. The number of hydrogen-bond acceptors (Lipinski definition) is 4. The fourth-order valence-corrected chi connectivity index (χ4v) is 4.14. The van der Waals surface area contributed by atoms with E-state index in [0.29, 0.717) is 17.8 Å². The number of rotatable bonds is 5. The molecule has 1 N–H and O–H groups in total. The summed E-state index contributed by atoms with van der Waals surface area (Å²) in [6.45, 7) is 1.90. The highest BCUT2D eigenvalue weighted by atomic mass is 32.2. The summed E-state index contributed by atoms with van der Waals surface area (Å²) in [7, 11) is -5.78. The molecule has 3 rings (SSSR count). The van der Waals surface area contributed by atoms with Crippen molar-refractivity contribution in [2.75, 3.05) is 6.61 Å². The van der Waals surface area contributed by atoms with E-state index in [-0.39, 0.29) is 6.61 Å². The molecule has 0 heterocycles. The Kier molecular flexibility index (Phi) is 2.64. The van der Waals surface area contributed by atoms with Crippen molar-refractivity contribution < 1.29 is 31.3 Å². The van der Waals surface area contributed by atoms with Gasteiger partial charge in [0.15, 0.2) is 0 Å². The van der Waals surface area contributed by atoms with Crippen LogP contribution in [-0.4, -0.2) is 30.8 Å². The second-order valence-electron chi connectivity index (χ2n) is 5.85. The van der Waals surface area contributed by atoms with Gasteiger partial charge in [0, 0.05) is 6.42 Å². The summed E-state index contributed by atoms with van der Waals surface area (Å²) in [5.41, 5.74) is 2.81. The van der Waals surface area contributed by atoms with Crippen molar-refractivity contribution in [3.05, 3.63) is 11.1 Å². The fourth-order valence-electron chi connectivity index (χ4n) is 3.87. The molecule has 0 aromatic rings.